The average Bonchev–Trinajstić information content (AvgIpc) is 2.02. The number of halogens is 2. The van der Waals surface area contributed by atoms with Gasteiger partial charge in [0, 0.05) is 0 Å². The van der Waals surface area contributed by atoms with Crippen LogP contribution in [0.25, 0.3) is 0 Å². The van der Waals surface area contributed by atoms with Crippen molar-refractivity contribution < 1.29 is 4.74 Å². The van der Waals surface area contributed by atoms with Crippen LogP contribution in [0.5, 0.6) is 6.01 Å². The van der Waals surface area contributed by atoms with E-state index in [9.17, 15) is 0 Å². The summed E-state index contributed by atoms with van der Waals surface area (Å²) in [6.45, 7) is 1.67. The van der Waals surface area contributed by atoms with Gasteiger partial charge in [-0.05, 0) is 30.1 Å². The van der Waals surface area contributed by atoms with Crippen molar-refractivity contribution in [1.82, 2.24) is 15.0 Å². The van der Waals surface area contributed by atoms with Crippen LogP contribution in [-0.4, -0.2) is 21.1 Å². The molecule has 0 aliphatic carbocycles. The maximum atomic E-state index is 5.50. The highest BCUT2D eigenvalue weighted by atomic mass is 35.5. The number of hydrogen-bond acceptors (Lipinski definition) is 4. The van der Waals surface area contributed by atoms with Gasteiger partial charge in [0.2, 0.25) is 10.6 Å². The Balaban J connectivity index is 2.84. The first-order chi connectivity index (χ1) is 6.11. The standard InChI is InChI=1S/C7H5Cl2N3O/c1-3-4(2)13-7-11-5(8)10-6(9)12-7/h1,4H,2H3. The van der Waals surface area contributed by atoms with Crippen LogP contribution in [-0.2, 0) is 0 Å². The molecule has 0 radical (unpaired) electrons. The second-order valence-corrected chi connectivity index (χ2v) is 2.76. The van der Waals surface area contributed by atoms with E-state index in [1.165, 1.54) is 0 Å². The summed E-state index contributed by atoms with van der Waals surface area (Å²) < 4.78 is 5.06. The lowest BCUT2D eigenvalue weighted by molar-refractivity contribution is 0.255. The minimum atomic E-state index is -0.436. The number of terminal acetylenes is 1. The number of aromatic nitrogens is 3. The summed E-state index contributed by atoms with van der Waals surface area (Å²) in [5.74, 6) is 2.34. The third kappa shape index (κ3) is 3.05. The lowest BCUT2D eigenvalue weighted by atomic mass is 10.4. The predicted octanol–water partition coefficient (Wildman–Crippen LogP) is 1.58. The quantitative estimate of drug-likeness (QED) is 0.707. The molecule has 1 aromatic heterocycles. The number of ether oxygens (including phenoxy) is 1. The fourth-order valence-electron chi connectivity index (χ4n) is 0.554. The summed E-state index contributed by atoms with van der Waals surface area (Å²) in [6.07, 6.45) is 4.65. The Labute approximate surface area is 85.3 Å². The minimum Gasteiger partial charge on any atom is -0.447 e. The molecule has 0 saturated heterocycles. The van der Waals surface area contributed by atoms with E-state index in [2.05, 4.69) is 20.9 Å². The Hall–Kier alpha value is -1.05. The van der Waals surface area contributed by atoms with Gasteiger partial charge < -0.3 is 4.74 Å². The Morgan fingerprint density at radius 3 is 2.31 bits per heavy atom. The van der Waals surface area contributed by atoms with E-state index in [1.807, 2.05) is 0 Å². The normalized spacial score (nSPS) is 11.8. The van der Waals surface area contributed by atoms with E-state index in [-0.39, 0.29) is 16.6 Å². The molecule has 4 nitrogen and oxygen atoms in total. The molecule has 0 aliphatic heterocycles. The van der Waals surface area contributed by atoms with Crippen LogP contribution in [0.3, 0.4) is 0 Å². The van der Waals surface area contributed by atoms with Crippen LogP contribution in [0.4, 0.5) is 0 Å². The number of hydrogen-bond donors (Lipinski definition) is 0. The summed E-state index contributed by atoms with van der Waals surface area (Å²) >= 11 is 11.0. The van der Waals surface area contributed by atoms with Crippen LogP contribution in [0, 0.1) is 12.3 Å². The smallest absolute Gasteiger partial charge is 0.323 e. The van der Waals surface area contributed by atoms with Gasteiger partial charge in [0.15, 0.2) is 6.10 Å². The zero-order valence-corrected chi connectivity index (χ0v) is 8.17. The molecule has 1 atom stereocenters. The molecular weight excluding hydrogens is 213 g/mol. The molecule has 13 heavy (non-hydrogen) atoms. The van der Waals surface area contributed by atoms with Crippen molar-refractivity contribution in [3.05, 3.63) is 10.6 Å². The molecule has 6 heteroatoms. The van der Waals surface area contributed by atoms with Crippen molar-refractivity contribution in [3.8, 4) is 18.4 Å². The van der Waals surface area contributed by atoms with Crippen LogP contribution >= 0.6 is 23.2 Å². The van der Waals surface area contributed by atoms with Crippen molar-refractivity contribution in [1.29, 1.82) is 0 Å². The monoisotopic (exact) mass is 217 g/mol. The second-order valence-electron chi connectivity index (χ2n) is 2.08. The molecular formula is C7H5Cl2N3O. The highest BCUT2D eigenvalue weighted by Crippen LogP contribution is 2.12. The zero-order valence-electron chi connectivity index (χ0n) is 6.66. The molecule has 1 unspecified atom stereocenters. The molecule has 0 aromatic carbocycles. The molecule has 0 bridgehead atoms. The molecule has 0 fully saturated rings. The van der Waals surface area contributed by atoms with Gasteiger partial charge in [0.05, 0.1) is 0 Å². The summed E-state index contributed by atoms with van der Waals surface area (Å²) in [7, 11) is 0. The topological polar surface area (TPSA) is 47.9 Å². The maximum Gasteiger partial charge on any atom is 0.323 e. The van der Waals surface area contributed by atoms with Gasteiger partial charge in [-0.15, -0.1) is 6.42 Å². The van der Waals surface area contributed by atoms with Crippen LogP contribution in [0.15, 0.2) is 0 Å². The second kappa shape index (κ2) is 4.26. The average molecular weight is 218 g/mol. The van der Waals surface area contributed by atoms with Gasteiger partial charge in [0.1, 0.15) is 0 Å². The Morgan fingerprint density at radius 1 is 1.31 bits per heavy atom. The molecule has 1 heterocycles. The lowest BCUT2D eigenvalue weighted by Crippen LogP contribution is -2.11. The van der Waals surface area contributed by atoms with Crippen molar-refractivity contribution in [3.63, 3.8) is 0 Å². The van der Waals surface area contributed by atoms with Crippen molar-refractivity contribution >= 4 is 23.2 Å². The SMILES string of the molecule is C#CC(C)Oc1nc(Cl)nc(Cl)n1. The van der Waals surface area contributed by atoms with E-state index in [0.717, 1.165) is 0 Å². The van der Waals surface area contributed by atoms with E-state index in [0.29, 0.717) is 0 Å². The number of nitrogens with zero attached hydrogens (tertiary/aromatic N) is 3. The maximum absolute atomic E-state index is 5.50. The number of rotatable bonds is 2. The Morgan fingerprint density at radius 2 is 1.85 bits per heavy atom. The first kappa shape index (κ1) is 10.0. The highest BCUT2D eigenvalue weighted by Gasteiger charge is 2.06. The molecule has 0 N–H and O–H groups in total. The van der Waals surface area contributed by atoms with E-state index < -0.39 is 6.10 Å². The van der Waals surface area contributed by atoms with Gasteiger partial charge in [-0.2, -0.15) is 15.0 Å². The van der Waals surface area contributed by atoms with Crippen LogP contribution in [0.1, 0.15) is 6.92 Å². The van der Waals surface area contributed by atoms with E-state index in [1.54, 1.807) is 6.92 Å². The minimum absolute atomic E-state index is 0.0236. The van der Waals surface area contributed by atoms with Crippen LogP contribution in [0.2, 0.25) is 10.6 Å². The van der Waals surface area contributed by atoms with Gasteiger partial charge in [-0.3, -0.25) is 0 Å². The highest BCUT2D eigenvalue weighted by molar-refractivity contribution is 6.31. The molecule has 0 amide bonds. The van der Waals surface area contributed by atoms with Crippen molar-refractivity contribution in [2.45, 2.75) is 13.0 Å². The predicted molar refractivity (Wildman–Crippen MR) is 48.8 cm³/mol. The first-order valence-electron chi connectivity index (χ1n) is 3.31. The van der Waals surface area contributed by atoms with Crippen LogP contribution < -0.4 is 4.74 Å². The fraction of sp³-hybridized carbons (Fsp3) is 0.286. The molecule has 0 saturated carbocycles. The van der Waals surface area contributed by atoms with Gasteiger partial charge in [0.25, 0.3) is 0 Å². The molecule has 1 aromatic rings. The molecule has 0 aliphatic rings. The molecule has 0 spiro atoms. The van der Waals surface area contributed by atoms with Gasteiger partial charge in [-0.25, -0.2) is 0 Å². The van der Waals surface area contributed by atoms with Crippen molar-refractivity contribution in [2.75, 3.05) is 0 Å². The lowest BCUT2D eigenvalue weighted by Gasteiger charge is -2.05. The Kier molecular flexibility index (Phi) is 3.29. The third-order valence-corrected chi connectivity index (χ3v) is 1.42. The molecule has 68 valence electrons. The van der Waals surface area contributed by atoms with Gasteiger partial charge >= 0.3 is 6.01 Å². The van der Waals surface area contributed by atoms with E-state index >= 15 is 0 Å². The third-order valence-electron chi connectivity index (χ3n) is 1.08. The molecule has 1 rings (SSSR count). The van der Waals surface area contributed by atoms with Crippen molar-refractivity contribution in [2.24, 2.45) is 0 Å². The Bertz CT molecular complexity index is 330. The summed E-state index contributed by atoms with van der Waals surface area (Å²) in [5, 5.41) is -0.0570. The largest absolute Gasteiger partial charge is 0.447 e. The van der Waals surface area contributed by atoms with E-state index in [4.69, 9.17) is 34.4 Å². The summed E-state index contributed by atoms with van der Waals surface area (Å²) in [4.78, 5) is 10.9. The first-order valence-corrected chi connectivity index (χ1v) is 4.07. The fourth-order valence-corrected chi connectivity index (χ4v) is 0.902. The zero-order chi connectivity index (χ0) is 9.84. The summed E-state index contributed by atoms with van der Waals surface area (Å²) in [6, 6.07) is 0.0236. The summed E-state index contributed by atoms with van der Waals surface area (Å²) in [5.41, 5.74) is 0. The van der Waals surface area contributed by atoms with Gasteiger partial charge in [-0.1, -0.05) is 5.92 Å².